The van der Waals surface area contributed by atoms with Crippen LogP contribution in [0, 0.1) is 10.1 Å². The zero-order valence-electron chi connectivity index (χ0n) is 15.7. The third-order valence-corrected chi connectivity index (χ3v) is 5.76. The Bertz CT molecular complexity index is 906. The lowest BCUT2D eigenvalue weighted by atomic mass is 9.94. The van der Waals surface area contributed by atoms with Crippen molar-refractivity contribution in [1.82, 2.24) is 9.62 Å². The molecule has 27 heavy (non-hydrogen) atoms. The van der Waals surface area contributed by atoms with Crippen LogP contribution in [-0.2, 0) is 20.3 Å². The number of non-ortho nitro benzene ring substituents is 1. The highest BCUT2D eigenvalue weighted by Crippen LogP contribution is 2.33. The Hall–Kier alpha value is -2.69. The molecule has 1 amide bonds. The highest BCUT2D eigenvalue weighted by Gasteiger charge is 2.42. The number of nitrogens with zero attached hydrogens (tertiary/aromatic N) is 3. The summed E-state index contributed by atoms with van der Waals surface area (Å²) in [6, 6.07) is 5.60. The molecule has 1 atom stereocenters. The standard InChI is InChI=1S/C16H22N4O6S/c1-15(2,3)26-14(21)17-13-18-16(4,10-27(24,25)19(13)5)11-7-6-8-12(9-11)20(22)23/h6-9H,10H2,1-5H3,(H,17,18,21)/t16-/m0/s1. The number of ether oxygens (including phenoxy) is 1. The Labute approximate surface area is 157 Å². The van der Waals surface area contributed by atoms with Crippen LogP contribution in [0.1, 0.15) is 33.3 Å². The summed E-state index contributed by atoms with van der Waals surface area (Å²) in [5.74, 6) is -0.624. The number of hydrogen-bond donors (Lipinski definition) is 1. The van der Waals surface area contributed by atoms with Gasteiger partial charge in [-0.25, -0.2) is 22.5 Å². The first-order chi connectivity index (χ1) is 12.2. The number of nitro benzene ring substituents is 1. The van der Waals surface area contributed by atoms with Crippen LogP contribution < -0.4 is 5.32 Å². The number of nitro groups is 1. The lowest BCUT2D eigenvalue weighted by Crippen LogP contribution is -2.54. The fourth-order valence-electron chi connectivity index (χ4n) is 2.52. The molecule has 148 valence electrons. The molecular formula is C16H22N4O6S. The van der Waals surface area contributed by atoms with Crippen LogP contribution in [0.15, 0.2) is 29.3 Å². The minimum atomic E-state index is -3.83. The molecule has 0 saturated carbocycles. The molecule has 0 radical (unpaired) electrons. The van der Waals surface area contributed by atoms with Gasteiger partial charge in [0.1, 0.15) is 11.1 Å². The summed E-state index contributed by atoms with van der Waals surface area (Å²) < 4.78 is 31.2. The van der Waals surface area contributed by atoms with Gasteiger partial charge in [-0.3, -0.25) is 15.4 Å². The first-order valence-corrected chi connectivity index (χ1v) is 9.66. The molecule has 1 aromatic carbocycles. The van der Waals surface area contributed by atoms with Crippen molar-refractivity contribution in [2.75, 3.05) is 12.8 Å². The molecule has 0 aliphatic carbocycles. The van der Waals surface area contributed by atoms with E-state index < -0.39 is 37.9 Å². The molecule has 0 spiro atoms. The molecule has 0 bridgehead atoms. The molecule has 1 aliphatic heterocycles. The summed E-state index contributed by atoms with van der Waals surface area (Å²) in [4.78, 5) is 26.9. The van der Waals surface area contributed by atoms with E-state index in [2.05, 4.69) is 10.3 Å². The lowest BCUT2D eigenvalue weighted by molar-refractivity contribution is -0.385. The van der Waals surface area contributed by atoms with Crippen LogP contribution in [0.25, 0.3) is 0 Å². The Morgan fingerprint density at radius 2 is 2.04 bits per heavy atom. The highest BCUT2D eigenvalue weighted by molar-refractivity contribution is 7.89. The lowest BCUT2D eigenvalue weighted by Gasteiger charge is -2.35. The second kappa shape index (κ2) is 6.80. The van der Waals surface area contributed by atoms with E-state index in [0.717, 1.165) is 4.31 Å². The Morgan fingerprint density at radius 3 is 2.59 bits per heavy atom. The van der Waals surface area contributed by atoms with Gasteiger partial charge >= 0.3 is 6.09 Å². The summed E-state index contributed by atoms with van der Waals surface area (Å²) in [5, 5.41) is 13.4. The number of benzene rings is 1. The minimum Gasteiger partial charge on any atom is -0.444 e. The van der Waals surface area contributed by atoms with Crippen LogP contribution in [0.2, 0.25) is 0 Å². The van der Waals surface area contributed by atoms with Crippen LogP contribution in [0.4, 0.5) is 10.5 Å². The number of carbonyl (C=O) groups excluding carboxylic acids is 1. The number of alkyl carbamates (subject to hydrolysis) is 1. The number of amides is 1. The summed E-state index contributed by atoms with van der Waals surface area (Å²) in [6.45, 7) is 6.54. The predicted octanol–water partition coefficient (Wildman–Crippen LogP) is 1.97. The number of nitrogens with one attached hydrogen (secondary N) is 1. The van der Waals surface area contributed by atoms with Crippen molar-refractivity contribution >= 4 is 27.8 Å². The molecule has 0 aromatic heterocycles. The van der Waals surface area contributed by atoms with Gasteiger partial charge in [-0.15, -0.1) is 0 Å². The normalized spacial score (nSPS) is 22.0. The van der Waals surface area contributed by atoms with E-state index in [9.17, 15) is 23.3 Å². The number of sulfonamides is 1. The van der Waals surface area contributed by atoms with Crippen LogP contribution in [-0.4, -0.2) is 48.1 Å². The molecule has 10 nitrogen and oxygen atoms in total. The smallest absolute Gasteiger partial charge is 0.414 e. The highest BCUT2D eigenvalue weighted by atomic mass is 32.2. The van der Waals surface area contributed by atoms with Crippen molar-refractivity contribution in [2.24, 2.45) is 4.99 Å². The maximum Gasteiger partial charge on any atom is 0.414 e. The molecule has 1 heterocycles. The maximum atomic E-state index is 12.6. The Kier molecular flexibility index (Phi) is 5.19. The molecular weight excluding hydrogens is 376 g/mol. The second-order valence-electron chi connectivity index (χ2n) is 7.37. The van der Waals surface area contributed by atoms with Gasteiger partial charge in [0.05, 0.1) is 10.7 Å². The molecule has 1 aliphatic rings. The number of guanidine groups is 1. The van der Waals surface area contributed by atoms with Gasteiger partial charge in [0.15, 0.2) is 0 Å². The fourth-order valence-corrected chi connectivity index (χ4v) is 4.01. The Morgan fingerprint density at radius 1 is 1.41 bits per heavy atom. The third-order valence-electron chi connectivity index (χ3n) is 3.82. The van der Waals surface area contributed by atoms with Crippen LogP contribution in [0.3, 0.4) is 0 Å². The van der Waals surface area contributed by atoms with Gasteiger partial charge < -0.3 is 4.74 Å². The van der Waals surface area contributed by atoms with Gasteiger partial charge in [0.25, 0.3) is 5.69 Å². The van der Waals surface area contributed by atoms with E-state index >= 15 is 0 Å². The maximum absolute atomic E-state index is 12.6. The van der Waals surface area contributed by atoms with E-state index in [-0.39, 0.29) is 11.6 Å². The Balaban J connectivity index is 2.47. The second-order valence-corrected chi connectivity index (χ2v) is 9.37. The van der Waals surface area contributed by atoms with Crippen molar-refractivity contribution in [3.63, 3.8) is 0 Å². The zero-order chi connectivity index (χ0) is 20.6. The topological polar surface area (TPSA) is 131 Å². The SMILES string of the molecule is CN1C(NC(=O)OC(C)(C)C)=N[C@](C)(c2cccc([N+](=O)[O-])c2)CS1(=O)=O. The average Bonchev–Trinajstić information content (AvgIpc) is 2.50. The van der Waals surface area contributed by atoms with Gasteiger partial charge in [0.2, 0.25) is 16.0 Å². The third kappa shape index (κ3) is 4.73. The molecule has 2 rings (SSSR count). The zero-order valence-corrected chi connectivity index (χ0v) is 16.5. The number of hydrogen-bond acceptors (Lipinski definition) is 7. The fraction of sp³-hybridized carbons (Fsp3) is 0.500. The van der Waals surface area contributed by atoms with Crippen LogP contribution in [0.5, 0.6) is 0 Å². The number of rotatable bonds is 2. The molecule has 11 heteroatoms. The van der Waals surface area contributed by atoms with Crippen molar-refractivity contribution in [3.05, 3.63) is 39.9 Å². The van der Waals surface area contributed by atoms with Crippen molar-refractivity contribution < 1.29 is 22.9 Å². The van der Waals surface area contributed by atoms with Crippen molar-refractivity contribution in [3.8, 4) is 0 Å². The van der Waals surface area contributed by atoms with Crippen LogP contribution >= 0.6 is 0 Å². The number of carbonyl (C=O) groups is 1. The molecule has 0 saturated heterocycles. The van der Waals surface area contributed by atoms with Gasteiger partial charge in [-0.1, -0.05) is 12.1 Å². The van der Waals surface area contributed by atoms with Gasteiger partial charge in [0, 0.05) is 19.2 Å². The molecule has 1 N–H and O–H groups in total. The number of aliphatic imine (C=N–C) groups is 1. The average molecular weight is 398 g/mol. The largest absolute Gasteiger partial charge is 0.444 e. The summed E-state index contributed by atoms with van der Waals surface area (Å²) in [5.41, 5.74) is -1.93. The van der Waals surface area contributed by atoms with E-state index in [0.29, 0.717) is 5.56 Å². The summed E-state index contributed by atoms with van der Waals surface area (Å²) >= 11 is 0. The van der Waals surface area contributed by atoms with Gasteiger partial charge in [-0.05, 0) is 33.3 Å². The first-order valence-electron chi connectivity index (χ1n) is 8.05. The summed E-state index contributed by atoms with van der Waals surface area (Å²) in [7, 11) is -2.56. The first kappa shape index (κ1) is 20.6. The van der Waals surface area contributed by atoms with E-state index in [4.69, 9.17) is 4.74 Å². The van der Waals surface area contributed by atoms with Crippen molar-refractivity contribution in [1.29, 1.82) is 0 Å². The van der Waals surface area contributed by atoms with Crippen molar-refractivity contribution in [2.45, 2.75) is 38.8 Å². The molecule has 0 unspecified atom stereocenters. The summed E-state index contributed by atoms with van der Waals surface area (Å²) in [6.07, 6.45) is -0.855. The van der Waals surface area contributed by atoms with Gasteiger partial charge in [-0.2, -0.15) is 0 Å². The van der Waals surface area contributed by atoms with E-state index in [1.54, 1.807) is 26.8 Å². The molecule has 0 fully saturated rings. The predicted molar refractivity (Wildman–Crippen MR) is 98.8 cm³/mol. The minimum absolute atomic E-state index is 0.179. The quantitative estimate of drug-likeness (QED) is 0.598. The monoisotopic (exact) mass is 398 g/mol. The van der Waals surface area contributed by atoms with E-state index in [1.807, 2.05) is 0 Å². The molecule has 1 aromatic rings. The van der Waals surface area contributed by atoms with E-state index in [1.165, 1.54) is 32.2 Å².